The van der Waals surface area contributed by atoms with Gasteiger partial charge in [0.05, 0.1) is 4.90 Å². The van der Waals surface area contributed by atoms with Crippen LogP contribution in [0.4, 0.5) is 0 Å². The van der Waals surface area contributed by atoms with Gasteiger partial charge in [0.2, 0.25) is 0 Å². The normalized spacial score (nSPS) is 12.4. The van der Waals surface area contributed by atoms with Gasteiger partial charge in [-0.2, -0.15) is 8.42 Å². The van der Waals surface area contributed by atoms with Gasteiger partial charge in [-0.15, -0.1) is 0 Å². The molecule has 100 valence electrons. The maximum atomic E-state index is 11.4. The lowest BCUT2D eigenvalue weighted by Gasteiger charge is -2.20. The molecule has 5 heteroatoms. The van der Waals surface area contributed by atoms with Crippen LogP contribution in [0.2, 0.25) is 0 Å². The maximum Gasteiger partial charge on any atom is 0.294 e. The Labute approximate surface area is 108 Å². The van der Waals surface area contributed by atoms with Gasteiger partial charge < -0.3 is 0 Å². The summed E-state index contributed by atoms with van der Waals surface area (Å²) >= 11 is 0. The van der Waals surface area contributed by atoms with Crippen molar-refractivity contribution in [3.63, 3.8) is 0 Å². The monoisotopic (exact) mass is 270 g/mol. The van der Waals surface area contributed by atoms with Crippen LogP contribution in [-0.2, 0) is 21.3 Å². The average Bonchev–Trinajstić information content (AvgIpc) is 2.25. The Bertz CT molecular complexity index is 527. The number of Topliss-reactive ketones (excluding diaryl/α,β-unsaturated/α-hetero) is 1. The van der Waals surface area contributed by atoms with E-state index in [0.29, 0.717) is 12.8 Å². The van der Waals surface area contributed by atoms with E-state index in [9.17, 15) is 13.2 Å². The molecule has 0 aliphatic rings. The molecule has 0 aliphatic heterocycles. The fraction of sp³-hybridized carbons (Fsp3) is 0.462. The molecule has 18 heavy (non-hydrogen) atoms. The highest BCUT2D eigenvalue weighted by Crippen LogP contribution is 2.24. The van der Waals surface area contributed by atoms with Crippen LogP contribution in [0.5, 0.6) is 0 Å². The van der Waals surface area contributed by atoms with Crippen molar-refractivity contribution >= 4 is 15.9 Å². The zero-order valence-electron chi connectivity index (χ0n) is 10.8. The summed E-state index contributed by atoms with van der Waals surface area (Å²) in [6.07, 6.45) is 1.39. The summed E-state index contributed by atoms with van der Waals surface area (Å²) in [4.78, 5) is 11.2. The van der Waals surface area contributed by atoms with Gasteiger partial charge in [-0.3, -0.25) is 9.35 Å². The molecule has 0 aromatic heterocycles. The van der Waals surface area contributed by atoms with Crippen LogP contribution in [0.15, 0.2) is 29.2 Å². The minimum atomic E-state index is -4.13. The Morgan fingerprint density at radius 1 is 1.22 bits per heavy atom. The van der Waals surface area contributed by atoms with Gasteiger partial charge in [0, 0.05) is 5.41 Å². The maximum absolute atomic E-state index is 11.4. The van der Waals surface area contributed by atoms with E-state index in [-0.39, 0.29) is 16.1 Å². The van der Waals surface area contributed by atoms with Crippen molar-refractivity contribution in [2.45, 2.75) is 38.5 Å². The smallest absolute Gasteiger partial charge is 0.294 e. The van der Waals surface area contributed by atoms with E-state index in [1.807, 2.05) is 13.8 Å². The molecule has 4 nitrogen and oxygen atoms in total. The summed E-state index contributed by atoms with van der Waals surface area (Å²) in [5, 5.41) is 0. The first-order chi connectivity index (χ1) is 8.13. The largest absolute Gasteiger partial charge is 0.299 e. The molecule has 0 aliphatic carbocycles. The molecule has 0 saturated heterocycles. The topological polar surface area (TPSA) is 71.4 Å². The molecular weight excluding hydrogens is 252 g/mol. The molecule has 0 radical (unpaired) electrons. The zero-order valence-corrected chi connectivity index (χ0v) is 11.6. The molecule has 1 N–H and O–H groups in total. The molecule has 0 bridgehead atoms. The molecule has 0 fully saturated rings. The van der Waals surface area contributed by atoms with Gasteiger partial charge in [-0.25, -0.2) is 0 Å². The molecule has 1 aromatic rings. The predicted octanol–water partition coefficient (Wildman–Crippen LogP) is 2.48. The van der Waals surface area contributed by atoms with E-state index in [2.05, 4.69) is 0 Å². The Kier molecular flexibility index (Phi) is 4.29. The van der Waals surface area contributed by atoms with Crippen LogP contribution >= 0.6 is 0 Å². The number of hydrogen-bond acceptors (Lipinski definition) is 3. The highest BCUT2D eigenvalue weighted by atomic mass is 32.2. The Hall–Kier alpha value is -1.20. The van der Waals surface area contributed by atoms with Gasteiger partial charge in [0.15, 0.2) is 0 Å². The fourth-order valence-corrected chi connectivity index (χ4v) is 1.94. The first kappa shape index (κ1) is 14.9. The third kappa shape index (κ3) is 3.92. The summed E-state index contributed by atoms with van der Waals surface area (Å²) in [5.41, 5.74) is 0.568. The molecule has 1 rings (SSSR count). The molecule has 0 heterocycles. The number of benzene rings is 1. The van der Waals surface area contributed by atoms with Crippen LogP contribution in [0.1, 0.15) is 32.8 Å². The molecule has 0 amide bonds. The van der Waals surface area contributed by atoms with E-state index in [0.717, 1.165) is 5.56 Å². The predicted molar refractivity (Wildman–Crippen MR) is 69.0 cm³/mol. The van der Waals surface area contributed by atoms with Gasteiger partial charge in [0.25, 0.3) is 10.1 Å². The lowest BCUT2D eigenvalue weighted by Crippen LogP contribution is -2.21. The Morgan fingerprint density at radius 3 is 2.11 bits per heavy atom. The molecular formula is C13H18O4S. The van der Waals surface area contributed by atoms with E-state index in [4.69, 9.17) is 4.55 Å². The highest BCUT2D eigenvalue weighted by molar-refractivity contribution is 7.85. The first-order valence-electron chi connectivity index (χ1n) is 5.70. The number of aryl methyl sites for hydroxylation is 1. The summed E-state index contributed by atoms with van der Waals surface area (Å²) in [5.74, 6) is 0.136. The summed E-state index contributed by atoms with van der Waals surface area (Å²) < 4.78 is 30.6. The lowest BCUT2D eigenvalue weighted by atomic mass is 9.83. The van der Waals surface area contributed by atoms with Crippen molar-refractivity contribution in [2.75, 3.05) is 0 Å². The molecule has 0 atom stereocenters. The van der Waals surface area contributed by atoms with Gasteiger partial charge in [-0.1, -0.05) is 26.0 Å². The molecule has 1 aromatic carbocycles. The zero-order chi connectivity index (χ0) is 14.0. The van der Waals surface area contributed by atoms with E-state index < -0.39 is 10.1 Å². The van der Waals surface area contributed by atoms with Crippen LogP contribution in [0.25, 0.3) is 0 Å². The second kappa shape index (κ2) is 5.20. The van der Waals surface area contributed by atoms with Crippen LogP contribution < -0.4 is 0 Å². The minimum absolute atomic E-state index is 0.114. The standard InChI is InChI=1S/C13H18O4S/c1-10(14)13(2,3)9-8-11-4-6-12(7-5-11)18(15,16)17/h4-7H,8-9H2,1-3H3,(H,15,16,17). The molecule has 0 saturated carbocycles. The van der Waals surface area contributed by atoms with Crippen molar-refractivity contribution < 1.29 is 17.8 Å². The Morgan fingerprint density at radius 2 is 1.72 bits per heavy atom. The Balaban J connectivity index is 2.74. The third-order valence-electron chi connectivity index (χ3n) is 3.21. The minimum Gasteiger partial charge on any atom is -0.299 e. The molecule has 0 unspecified atom stereocenters. The van der Waals surface area contributed by atoms with Crippen LogP contribution in [0, 0.1) is 5.41 Å². The summed E-state index contributed by atoms with van der Waals surface area (Å²) in [6, 6.07) is 6.04. The number of rotatable bonds is 5. The third-order valence-corrected chi connectivity index (χ3v) is 4.08. The van der Waals surface area contributed by atoms with E-state index in [1.165, 1.54) is 12.1 Å². The van der Waals surface area contributed by atoms with Crippen molar-refractivity contribution in [3.05, 3.63) is 29.8 Å². The van der Waals surface area contributed by atoms with Crippen LogP contribution in [0.3, 0.4) is 0 Å². The fourth-order valence-electron chi connectivity index (χ4n) is 1.46. The summed E-state index contributed by atoms with van der Waals surface area (Å²) in [7, 11) is -4.13. The second-order valence-electron chi connectivity index (χ2n) is 5.06. The van der Waals surface area contributed by atoms with Gasteiger partial charge >= 0.3 is 0 Å². The number of ketones is 1. The lowest BCUT2D eigenvalue weighted by molar-refractivity contribution is -0.125. The van der Waals surface area contributed by atoms with Crippen molar-refractivity contribution in [2.24, 2.45) is 5.41 Å². The quantitative estimate of drug-likeness (QED) is 0.834. The average molecular weight is 270 g/mol. The van der Waals surface area contributed by atoms with Crippen LogP contribution in [-0.4, -0.2) is 18.8 Å². The summed E-state index contributed by atoms with van der Waals surface area (Å²) in [6.45, 7) is 5.35. The van der Waals surface area contributed by atoms with Crippen molar-refractivity contribution in [1.82, 2.24) is 0 Å². The number of carbonyl (C=O) groups excluding carboxylic acids is 1. The van der Waals surface area contributed by atoms with Crippen molar-refractivity contribution in [3.8, 4) is 0 Å². The van der Waals surface area contributed by atoms with E-state index >= 15 is 0 Å². The second-order valence-corrected chi connectivity index (χ2v) is 6.48. The highest BCUT2D eigenvalue weighted by Gasteiger charge is 2.23. The molecule has 0 spiro atoms. The number of hydrogen-bond donors (Lipinski definition) is 1. The van der Waals surface area contributed by atoms with Gasteiger partial charge in [0.1, 0.15) is 5.78 Å². The van der Waals surface area contributed by atoms with Crippen molar-refractivity contribution in [1.29, 1.82) is 0 Å². The number of carbonyl (C=O) groups is 1. The first-order valence-corrected chi connectivity index (χ1v) is 7.14. The van der Waals surface area contributed by atoms with Gasteiger partial charge in [-0.05, 0) is 37.5 Å². The SMILES string of the molecule is CC(=O)C(C)(C)CCc1ccc(S(=O)(=O)O)cc1. The van der Waals surface area contributed by atoms with E-state index in [1.54, 1.807) is 19.1 Å².